The first-order valence-corrected chi connectivity index (χ1v) is 10.9. The second kappa shape index (κ2) is 9.02. The van der Waals surface area contributed by atoms with E-state index in [1.807, 2.05) is 61.2 Å². The Morgan fingerprint density at radius 1 is 1.09 bits per heavy atom. The lowest BCUT2D eigenvalue weighted by Crippen LogP contribution is -2.51. The van der Waals surface area contributed by atoms with Crippen molar-refractivity contribution < 1.29 is 14.3 Å². The van der Waals surface area contributed by atoms with Gasteiger partial charge in [-0.25, -0.2) is 4.98 Å². The molecule has 1 unspecified atom stereocenters. The molecule has 9 heteroatoms. The molecular weight excluding hydrogens is 408 g/mol. The number of methoxy groups -OCH3 is 1. The Morgan fingerprint density at radius 2 is 1.78 bits per heavy atom. The summed E-state index contributed by atoms with van der Waals surface area (Å²) in [6, 6.07) is 9.31. The Bertz CT molecular complexity index is 986. The molecule has 1 aromatic carbocycles. The Kier molecular flexibility index (Phi) is 6.16. The SMILES string of the molecule is COc1ccc(N2CC(C(=O)N3CCN(c4nc(C)cc(N(C)C)n4)CC3)CC2=O)cc1. The van der Waals surface area contributed by atoms with Gasteiger partial charge >= 0.3 is 0 Å². The first-order chi connectivity index (χ1) is 15.4. The molecule has 4 rings (SSSR count). The Hall–Kier alpha value is -3.36. The minimum absolute atomic E-state index is 0.0171. The molecule has 1 atom stereocenters. The highest BCUT2D eigenvalue weighted by atomic mass is 16.5. The van der Waals surface area contributed by atoms with Crippen molar-refractivity contribution in [2.45, 2.75) is 13.3 Å². The van der Waals surface area contributed by atoms with E-state index in [1.165, 1.54) is 0 Å². The number of hydrogen-bond donors (Lipinski definition) is 0. The van der Waals surface area contributed by atoms with Gasteiger partial charge in [-0.2, -0.15) is 4.98 Å². The van der Waals surface area contributed by atoms with Crippen LogP contribution in [0.2, 0.25) is 0 Å². The molecule has 9 nitrogen and oxygen atoms in total. The smallest absolute Gasteiger partial charge is 0.228 e. The van der Waals surface area contributed by atoms with Crippen molar-refractivity contribution in [3.63, 3.8) is 0 Å². The van der Waals surface area contributed by atoms with Crippen molar-refractivity contribution >= 4 is 29.3 Å². The lowest BCUT2D eigenvalue weighted by Gasteiger charge is -2.36. The summed E-state index contributed by atoms with van der Waals surface area (Å²) in [5.41, 5.74) is 1.71. The van der Waals surface area contributed by atoms with Gasteiger partial charge in [-0.3, -0.25) is 9.59 Å². The van der Waals surface area contributed by atoms with Crippen molar-refractivity contribution in [2.75, 3.05) is 68.6 Å². The van der Waals surface area contributed by atoms with Crippen LogP contribution >= 0.6 is 0 Å². The van der Waals surface area contributed by atoms with Gasteiger partial charge in [0.1, 0.15) is 11.6 Å². The highest BCUT2D eigenvalue weighted by Crippen LogP contribution is 2.28. The van der Waals surface area contributed by atoms with Gasteiger partial charge in [0.05, 0.1) is 13.0 Å². The van der Waals surface area contributed by atoms with Crippen LogP contribution in [0.5, 0.6) is 5.75 Å². The second-order valence-corrected chi connectivity index (χ2v) is 8.48. The third-order valence-electron chi connectivity index (χ3n) is 6.02. The molecular formula is C23H30N6O3. The average Bonchev–Trinajstić information content (AvgIpc) is 3.19. The van der Waals surface area contributed by atoms with Crippen molar-refractivity contribution in [1.82, 2.24) is 14.9 Å². The Labute approximate surface area is 188 Å². The molecule has 2 aromatic rings. The van der Waals surface area contributed by atoms with E-state index in [0.29, 0.717) is 38.7 Å². The molecule has 32 heavy (non-hydrogen) atoms. The second-order valence-electron chi connectivity index (χ2n) is 8.48. The predicted octanol–water partition coefficient (Wildman–Crippen LogP) is 1.56. The number of carbonyl (C=O) groups is 2. The molecule has 2 aliphatic rings. The number of amides is 2. The van der Waals surface area contributed by atoms with E-state index in [2.05, 4.69) is 14.9 Å². The summed E-state index contributed by atoms with van der Waals surface area (Å²) in [6.45, 7) is 4.91. The van der Waals surface area contributed by atoms with E-state index in [4.69, 9.17) is 4.74 Å². The summed E-state index contributed by atoms with van der Waals surface area (Å²) in [7, 11) is 5.53. The van der Waals surface area contributed by atoms with E-state index < -0.39 is 0 Å². The van der Waals surface area contributed by atoms with Crippen LogP contribution in [0.25, 0.3) is 0 Å². The quantitative estimate of drug-likeness (QED) is 0.701. The van der Waals surface area contributed by atoms with Gasteiger partial charge in [0.15, 0.2) is 0 Å². The van der Waals surface area contributed by atoms with Gasteiger partial charge in [0.25, 0.3) is 0 Å². The highest BCUT2D eigenvalue weighted by molar-refractivity contribution is 6.00. The molecule has 0 saturated carbocycles. The maximum atomic E-state index is 13.1. The number of anilines is 3. The number of aryl methyl sites for hydroxylation is 1. The van der Waals surface area contributed by atoms with Crippen LogP contribution in [0.4, 0.5) is 17.5 Å². The monoisotopic (exact) mass is 438 g/mol. The minimum Gasteiger partial charge on any atom is -0.497 e. The van der Waals surface area contributed by atoms with Crippen LogP contribution in [-0.4, -0.2) is 80.6 Å². The summed E-state index contributed by atoms with van der Waals surface area (Å²) in [5, 5.41) is 0. The van der Waals surface area contributed by atoms with Crippen LogP contribution in [0, 0.1) is 12.8 Å². The van der Waals surface area contributed by atoms with Gasteiger partial charge in [0, 0.05) is 70.7 Å². The molecule has 2 amide bonds. The number of piperazine rings is 1. The maximum absolute atomic E-state index is 13.1. The summed E-state index contributed by atoms with van der Waals surface area (Å²) >= 11 is 0. The largest absolute Gasteiger partial charge is 0.497 e. The van der Waals surface area contributed by atoms with Crippen LogP contribution in [0.3, 0.4) is 0 Å². The molecule has 2 aliphatic heterocycles. The zero-order valence-corrected chi connectivity index (χ0v) is 19.1. The average molecular weight is 439 g/mol. The van der Waals surface area contributed by atoms with E-state index in [-0.39, 0.29) is 24.2 Å². The fourth-order valence-corrected chi connectivity index (χ4v) is 4.18. The number of carbonyl (C=O) groups excluding carboxylic acids is 2. The topological polar surface area (TPSA) is 82.1 Å². The summed E-state index contributed by atoms with van der Waals surface area (Å²) < 4.78 is 5.18. The first kappa shape index (κ1) is 21.9. The van der Waals surface area contributed by atoms with Crippen molar-refractivity contribution in [2.24, 2.45) is 5.92 Å². The molecule has 1 aromatic heterocycles. The summed E-state index contributed by atoms with van der Waals surface area (Å²) in [6.07, 6.45) is 0.248. The van der Waals surface area contributed by atoms with Crippen molar-refractivity contribution in [3.05, 3.63) is 36.0 Å². The molecule has 0 N–H and O–H groups in total. The Morgan fingerprint density at radius 3 is 2.41 bits per heavy atom. The number of rotatable bonds is 5. The van der Waals surface area contributed by atoms with E-state index >= 15 is 0 Å². The van der Waals surface area contributed by atoms with Crippen LogP contribution in [0.1, 0.15) is 12.1 Å². The molecule has 0 radical (unpaired) electrons. The number of aromatic nitrogens is 2. The zero-order valence-electron chi connectivity index (χ0n) is 19.1. The standard InChI is InChI=1S/C23H30N6O3/c1-16-13-20(26(2)3)25-23(24-16)28-11-9-27(10-12-28)22(31)17-14-21(30)29(15-17)18-5-7-19(32-4)8-6-18/h5-8,13,17H,9-12,14-15H2,1-4H3. The lowest BCUT2D eigenvalue weighted by atomic mass is 10.1. The third-order valence-corrected chi connectivity index (χ3v) is 6.02. The highest BCUT2D eigenvalue weighted by Gasteiger charge is 2.38. The molecule has 2 saturated heterocycles. The van der Waals surface area contributed by atoms with Gasteiger partial charge in [-0.05, 0) is 31.2 Å². The molecule has 3 heterocycles. The number of hydrogen-bond acceptors (Lipinski definition) is 7. The third kappa shape index (κ3) is 4.46. The molecule has 2 fully saturated rings. The molecule has 0 aliphatic carbocycles. The lowest BCUT2D eigenvalue weighted by molar-refractivity contribution is -0.136. The van der Waals surface area contributed by atoms with Crippen LogP contribution < -0.4 is 19.4 Å². The zero-order chi connectivity index (χ0) is 22.8. The Balaban J connectivity index is 1.37. The molecule has 0 bridgehead atoms. The van der Waals surface area contributed by atoms with Gasteiger partial charge in [-0.15, -0.1) is 0 Å². The summed E-state index contributed by atoms with van der Waals surface area (Å²) in [5.74, 6) is 2.02. The predicted molar refractivity (Wildman–Crippen MR) is 123 cm³/mol. The van der Waals surface area contributed by atoms with E-state index in [9.17, 15) is 9.59 Å². The normalized spacial score (nSPS) is 18.8. The van der Waals surface area contributed by atoms with Crippen LogP contribution in [0.15, 0.2) is 30.3 Å². The van der Waals surface area contributed by atoms with E-state index in [1.54, 1.807) is 12.0 Å². The van der Waals surface area contributed by atoms with Crippen LogP contribution in [-0.2, 0) is 9.59 Å². The number of ether oxygens (including phenoxy) is 1. The summed E-state index contributed by atoms with van der Waals surface area (Å²) in [4.78, 5) is 42.6. The minimum atomic E-state index is -0.313. The first-order valence-electron chi connectivity index (χ1n) is 10.9. The van der Waals surface area contributed by atoms with Gasteiger partial charge in [0.2, 0.25) is 17.8 Å². The maximum Gasteiger partial charge on any atom is 0.228 e. The van der Waals surface area contributed by atoms with Gasteiger partial charge in [-0.1, -0.05) is 0 Å². The fourth-order valence-electron chi connectivity index (χ4n) is 4.18. The number of benzene rings is 1. The molecule has 0 spiro atoms. The van der Waals surface area contributed by atoms with Gasteiger partial charge < -0.3 is 24.3 Å². The molecule has 170 valence electrons. The van der Waals surface area contributed by atoms with Crippen molar-refractivity contribution in [3.8, 4) is 5.75 Å². The van der Waals surface area contributed by atoms with E-state index in [0.717, 1.165) is 22.9 Å². The van der Waals surface area contributed by atoms with Crippen molar-refractivity contribution in [1.29, 1.82) is 0 Å². The number of nitrogens with zero attached hydrogens (tertiary/aromatic N) is 6. The fraction of sp³-hybridized carbons (Fsp3) is 0.478.